The first-order valence-electron chi connectivity index (χ1n) is 7.30. The molecule has 0 unspecified atom stereocenters. The third kappa shape index (κ3) is 3.23. The Morgan fingerprint density at radius 2 is 1.58 bits per heavy atom. The van der Waals surface area contributed by atoms with E-state index in [1.807, 2.05) is 0 Å². The van der Waals surface area contributed by atoms with E-state index in [0.717, 1.165) is 24.3 Å². The van der Waals surface area contributed by atoms with Gasteiger partial charge in [0.2, 0.25) is 5.78 Å². The van der Waals surface area contributed by atoms with Gasteiger partial charge in [-0.1, -0.05) is 23.7 Å². The lowest BCUT2D eigenvalue weighted by Gasteiger charge is -2.06. The Balaban J connectivity index is 1.98. The van der Waals surface area contributed by atoms with Crippen LogP contribution in [-0.2, 0) is 6.18 Å². The second-order valence-electron chi connectivity index (χ2n) is 5.44. The molecule has 1 heterocycles. The number of hydrogen-bond donors (Lipinski definition) is 2. The van der Waals surface area contributed by atoms with Crippen molar-refractivity contribution in [3.05, 3.63) is 70.4 Å². The van der Waals surface area contributed by atoms with Crippen molar-refractivity contribution < 1.29 is 18.0 Å². The van der Waals surface area contributed by atoms with E-state index < -0.39 is 17.5 Å². The van der Waals surface area contributed by atoms with Gasteiger partial charge in [-0.2, -0.15) is 18.3 Å². The van der Waals surface area contributed by atoms with Gasteiger partial charge in [0.15, 0.2) is 11.5 Å². The topological polar surface area (TPSA) is 86.9 Å². The molecule has 5 nitrogen and oxygen atoms in total. The van der Waals surface area contributed by atoms with Crippen molar-refractivity contribution in [1.29, 1.82) is 0 Å². The molecule has 0 atom stereocenters. The molecule has 0 aliphatic carbocycles. The molecule has 134 valence electrons. The van der Waals surface area contributed by atoms with Gasteiger partial charge < -0.3 is 11.5 Å². The fourth-order valence-electron chi connectivity index (χ4n) is 2.34. The van der Waals surface area contributed by atoms with Crippen molar-refractivity contribution in [2.45, 2.75) is 6.18 Å². The monoisotopic (exact) mass is 380 g/mol. The highest BCUT2D eigenvalue weighted by molar-refractivity contribution is 6.30. The van der Waals surface area contributed by atoms with E-state index in [1.165, 1.54) is 4.68 Å². The number of alkyl halides is 3. The highest BCUT2D eigenvalue weighted by Crippen LogP contribution is 2.30. The Hall–Kier alpha value is -3.00. The van der Waals surface area contributed by atoms with Crippen molar-refractivity contribution in [2.75, 3.05) is 11.5 Å². The van der Waals surface area contributed by atoms with Crippen LogP contribution in [0, 0.1) is 0 Å². The van der Waals surface area contributed by atoms with E-state index in [4.69, 9.17) is 23.1 Å². The Bertz CT molecular complexity index is 963. The molecular weight excluding hydrogens is 369 g/mol. The average molecular weight is 381 g/mol. The summed E-state index contributed by atoms with van der Waals surface area (Å²) in [6, 6.07) is 10.3. The van der Waals surface area contributed by atoms with Crippen LogP contribution in [0.25, 0.3) is 5.69 Å². The van der Waals surface area contributed by atoms with Crippen LogP contribution >= 0.6 is 11.6 Å². The number of nitrogens with zero attached hydrogens (tertiary/aromatic N) is 2. The molecule has 0 amide bonds. The number of carbonyl (C=O) groups excluding carboxylic acids is 1. The number of hydrogen-bond acceptors (Lipinski definition) is 4. The SMILES string of the molecule is Nc1c(C(=O)c2ccc(C(F)(F)F)cc2)nn(-c2ccc(Cl)cc2)c1N. The van der Waals surface area contributed by atoms with Crippen molar-refractivity contribution >= 4 is 28.9 Å². The molecule has 0 aliphatic heterocycles. The van der Waals surface area contributed by atoms with Crippen LogP contribution < -0.4 is 11.5 Å². The molecule has 0 saturated carbocycles. The molecule has 4 N–H and O–H groups in total. The molecule has 1 aromatic heterocycles. The Morgan fingerprint density at radius 1 is 1.00 bits per heavy atom. The molecule has 9 heteroatoms. The lowest BCUT2D eigenvalue weighted by molar-refractivity contribution is -0.137. The minimum absolute atomic E-state index is 0.0189. The molecule has 0 spiro atoms. The Kier molecular flexibility index (Phi) is 4.37. The molecule has 0 saturated heterocycles. The number of aromatic nitrogens is 2. The van der Waals surface area contributed by atoms with Gasteiger partial charge in [0.1, 0.15) is 5.69 Å². The van der Waals surface area contributed by atoms with Crippen molar-refractivity contribution in [3.8, 4) is 5.69 Å². The molecule has 3 rings (SSSR count). The van der Waals surface area contributed by atoms with Gasteiger partial charge in [0, 0.05) is 10.6 Å². The van der Waals surface area contributed by atoms with Gasteiger partial charge >= 0.3 is 6.18 Å². The quantitative estimate of drug-likeness (QED) is 0.674. The predicted octanol–water partition coefficient (Wildman–Crippen LogP) is 3.94. The number of nitrogen functional groups attached to an aromatic ring is 2. The van der Waals surface area contributed by atoms with E-state index in [1.54, 1.807) is 24.3 Å². The maximum atomic E-state index is 12.6. The molecule has 26 heavy (non-hydrogen) atoms. The number of benzene rings is 2. The molecule has 0 bridgehead atoms. The summed E-state index contributed by atoms with van der Waals surface area (Å²) in [6.07, 6.45) is -4.48. The van der Waals surface area contributed by atoms with Crippen LogP contribution in [0.2, 0.25) is 5.02 Å². The summed E-state index contributed by atoms with van der Waals surface area (Å²) in [5, 5.41) is 4.62. The maximum absolute atomic E-state index is 12.6. The number of halogens is 4. The van der Waals surface area contributed by atoms with Gasteiger partial charge in [-0.3, -0.25) is 4.79 Å². The van der Waals surface area contributed by atoms with Gasteiger partial charge in [-0.25, -0.2) is 4.68 Å². The van der Waals surface area contributed by atoms with Crippen molar-refractivity contribution in [3.63, 3.8) is 0 Å². The van der Waals surface area contributed by atoms with Gasteiger partial charge in [0.25, 0.3) is 0 Å². The van der Waals surface area contributed by atoms with Gasteiger partial charge in [-0.15, -0.1) is 0 Å². The number of carbonyl (C=O) groups is 1. The highest BCUT2D eigenvalue weighted by Gasteiger charge is 2.30. The maximum Gasteiger partial charge on any atom is 0.416 e. The van der Waals surface area contributed by atoms with E-state index in [-0.39, 0.29) is 22.8 Å². The molecule has 2 aromatic carbocycles. The van der Waals surface area contributed by atoms with Crippen LogP contribution in [0.4, 0.5) is 24.7 Å². The predicted molar refractivity (Wildman–Crippen MR) is 92.3 cm³/mol. The average Bonchev–Trinajstić information content (AvgIpc) is 2.90. The normalized spacial score (nSPS) is 11.5. The number of ketones is 1. The standard InChI is InChI=1S/C17H12ClF3N4O/c18-11-5-7-12(8-6-11)25-16(23)13(22)14(24-25)15(26)9-1-3-10(4-2-9)17(19,20)21/h1-8H,22-23H2. The first-order valence-corrected chi connectivity index (χ1v) is 7.68. The summed E-state index contributed by atoms with van der Waals surface area (Å²) < 4.78 is 39.2. The first kappa shape index (κ1) is 17.8. The van der Waals surface area contributed by atoms with Crippen LogP contribution in [0.5, 0.6) is 0 Å². The highest BCUT2D eigenvalue weighted by atomic mass is 35.5. The van der Waals surface area contributed by atoms with Crippen LogP contribution in [0.1, 0.15) is 21.6 Å². The third-order valence-corrected chi connectivity index (χ3v) is 3.97. The molecule has 0 radical (unpaired) electrons. The van der Waals surface area contributed by atoms with Crippen molar-refractivity contribution in [1.82, 2.24) is 9.78 Å². The minimum Gasteiger partial charge on any atom is -0.394 e. The van der Waals surface area contributed by atoms with Crippen molar-refractivity contribution in [2.24, 2.45) is 0 Å². The van der Waals surface area contributed by atoms with E-state index >= 15 is 0 Å². The molecule has 0 fully saturated rings. The van der Waals surface area contributed by atoms with Gasteiger partial charge in [-0.05, 0) is 36.4 Å². The third-order valence-electron chi connectivity index (χ3n) is 3.72. The van der Waals surface area contributed by atoms with E-state index in [0.29, 0.717) is 10.7 Å². The smallest absolute Gasteiger partial charge is 0.394 e. The second kappa shape index (κ2) is 6.38. The summed E-state index contributed by atoms with van der Waals surface area (Å²) >= 11 is 5.83. The lowest BCUT2D eigenvalue weighted by atomic mass is 10.1. The fraction of sp³-hybridized carbons (Fsp3) is 0.0588. The molecule has 3 aromatic rings. The van der Waals surface area contributed by atoms with Crippen LogP contribution in [0.3, 0.4) is 0 Å². The lowest BCUT2D eigenvalue weighted by Crippen LogP contribution is -2.08. The van der Waals surface area contributed by atoms with Gasteiger partial charge in [0.05, 0.1) is 11.3 Å². The summed E-state index contributed by atoms with van der Waals surface area (Å²) in [5.74, 6) is -0.585. The largest absolute Gasteiger partial charge is 0.416 e. The summed E-state index contributed by atoms with van der Waals surface area (Å²) in [4.78, 5) is 12.6. The zero-order chi connectivity index (χ0) is 19.1. The minimum atomic E-state index is -4.48. The summed E-state index contributed by atoms with van der Waals surface area (Å²) in [5.41, 5.74) is 11.3. The zero-order valence-electron chi connectivity index (χ0n) is 13.1. The Labute approximate surface area is 151 Å². The molecule has 0 aliphatic rings. The molecular formula is C17H12ClF3N4O. The van der Waals surface area contributed by atoms with E-state index in [2.05, 4.69) is 5.10 Å². The fourth-order valence-corrected chi connectivity index (χ4v) is 2.46. The second-order valence-corrected chi connectivity index (χ2v) is 5.88. The first-order chi connectivity index (χ1) is 12.2. The number of anilines is 2. The summed E-state index contributed by atoms with van der Waals surface area (Å²) in [7, 11) is 0. The van der Waals surface area contributed by atoms with E-state index in [9.17, 15) is 18.0 Å². The number of nitrogens with two attached hydrogens (primary N) is 2. The van der Waals surface area contributed by atoms with Crippen LogP contribution in [0.15, 0.2) is 48.5 Å². The number of rotatable bonds is 3. The Morgan fingerprint density at radius 3 is 2.12 bits per heavy atom. The zero-order valence-corrected chi connectivity index (χ0v) is 13.8. The van der Waals surface area contributed by atoms with Crippen LogP contribution in [-0.4, -0.2) is 15.6 Å². The summed E-state index contributed by atoms with van der Waals surface area (Å²) in [6.45, 7) is 0.